The van der Waals surface area contributed by atoms with E-state index in [-0.39, 0.29) is 0 Å². The van der Waals surface area contributed by atoms with E-state index in [4.69, 9.17) is 0 Å². The van der Waals surface area contributed by atoms with E-state index in [1.165, 1.54) is 38.2 Å². The van der Waals surface area contributed by atoms with E-state index in [1.807, 2.05) is 6.92 Å². The molecule has 0 aromatic carbocycles. The first kappa shape index (κ1) is 11.5. The second-order valence-electron chi connectivity index (χ2n) is 4.66. The Morgan fingerprint density at radius 1 is 1.38 bits per heavy atom. The number of aromatic nitrogens is 2. The number of likely N-dealkylation sites (tertiary alicyclic amines) is 1. The molecule has 0 atom stereocenters. The van der Waals surface area contributed by atoms with Crippen LogP contribution in [-0.4, -0.2) is 40.8 Å². The zero-order chi connectivity index (χ0) is 11.5. The standard InChI is InChI=1S/C12H22N4/c1-4-16-7-5-11(6-8-16)13-12-9(2)14-15-10(12)3/h11,13H,4-8H2,1-3H3,(H,14,15). The molecule has 1 aromatic rings. The molecule has 2 rings (SSSR count). The van der Waals surface area contributed by atoms with Crippen molar-refractivity contribution in [3.05, 3.63) is 11.4 Å². The molecule has 0 aliphatic carbocycles. The van der Waals surface area contributed by atoms with E-state index in [9.17, 15) is 0 Å². The highest BCUT2D eigenvalue weighted by Crippen LogP contribution is 2.21. The summed E-state index contributed by atoms with van der Waals surface area (Å²) >= 11 is 0. The summed E-state index contributed by atoms with van der Waals surface area (Å²) < 4.78 is 0. The Hall–Kier alpha value is -1.03. The van der Waals surface area contributed by atoms with Crippen LogP contribution in [0.2, 0.25) is 0 Å². The Labute approximate surface area is 97.4 Å². The van der Waals surface area contributed by atoms with Crippen molar-refractivity contribution in [2.75, 3.05) is 25.0 Å². The van der Waals surface area contributed by atoms with Gasteiger partial charge in [0.25, 0.3) is 0 Å². The molecule has 2 N–H and O–H groups in total. The first-order valence-corrected chi connectivity index (χ1v) is 6.21. The van der Waals surface area contributed by atoms with E-state index in [1.54, 1.807) is 0 Å². The lowest BCUT2D eigenvalue weighted by Crippen LogP contribution is -2.39. The van der Waals surface area contributed by atoms with Gasteiger partial charge >= 0.3 is 0 Å². The van der Waals surface area contributed by atoms with Crippen LogP contribution in [0.3, 0.4) is 0 Å². The van der Waals surface area contributed by atoms with Gasteiger partial charge in [0.15, 0.2) is 0 Å². The van der Waals surface area contributed by atoms with Crippen LogP contribution < -0.4 is 5.32 Å². The van der Waals surface area contributed by atoms with Crippen molar-refractivity contribution in [1.82, 2.24) is 15.1 Å². The summed E-state index contributed by atoms with van der Waals surface area (Å²) in [6.45, 7) is 9.96. The molecule has 16 heavy (non-hydrogen) atoms. The molecular formula is C12H22N4. The molecule has 4 heteroatoms. The van der Waals surface area contributed by atoms with Gasteiger partial charge in [-0.1, -0.05) is 6.92 Å². The summed E-state index contributed by atoms with van der Waals surface area (Å²) in [4.78, 5) is 2.51. The van der Waals surface area contributed by atoms with E-state index in [0.29, 0.717) is 6.04 Å². The number of piperidine rings is 1. The lowest BCUT2D eigenvalue weighted by molar-refractivity contribution is 0.229. The molecule has 2 heterocycles. The highest BCUT2D eigenvalue weighted by molar-refractivity contribution is 5.52. The third-order valence-corrected chi connectivity index (χ3v) is 3.51. The molecule has 1 aromatic heterocycles. The molecule has 1 fully saturated rings. The van der Waals surface area contributed by atoms with Crippen molar-refractivity contribution in [2.24, 2.45) is 0 Å². The molecule has 0 saturated carbocycles. The maximum absolute atomic E-state index is 4.21. The number of nitrogens with one attached hydrogen (secondary N) is 2. The number of hydrogen-bond donors (Lipinski definition) is 2. The third kappa shape index (κ3) is 2.38. The van der Waals surface area contributed by atoms with Gasteiger partial charge in [-0.3, -0.25) is 5.10 Å². The summed E-state index contributed by atoms with van der Waals surface area (Å²) in [7, 11) is 0. The summed E-state index contributed by atoms with van der Waals surface area (Å²) in [5.41, 5.74) is 3.43. The monoisotopic (exact) mass is 222 g/mol. The first-order chi connectivity index (χ1) is 7.70. The molecule has 1 aliphatic heterocycles. The topological polar surface area (TPSA) is 44.0 Å². The zero-order valence-corrected chi connectivity index (χ0v) is 10.5. The molecule has 0 bridgehead atoms. The minimum Gasteiger partial charge on any atom is -0.379 e. The van der Waals surface area contributed by atoms with Gasteiger partial charge in [-0.15, -0.1) is 0 Å². The largest absolute Gasteiger partial charge is 0.379 e. The van der Waals surface area contributed by atoms with Crippen LogP contribution in [0.1, 0.15) is 31.2 Å². The summed E-state index contributed by atoms with van der Waals surface area (Å²) in [6, 6.07) is 0.609. The fourth-order valence-electron chi connectivity index (χ4n) is 2.36. The fourth-order valence-corrected chi connectivity index (χ4v) is 2.36. The molecule has 4 nitrogen and oxygen atoms in total. The van der Waals surface area contributed by atoms with Gasteiger partial charge in [0.05, 0.1) is 17.1 Å². The van der Waals surface area contributed by atoms with Gasteiger partial charge in [0.2, 0.25) is 0 Å². The van der Waals surface area contributed by atoms with Gasteiger partial charge < -0.3 is 10.2 Å². The van der Waals surface area contributed by atoms with Crippen LogP contribution in [0.5, 0.6) is 0 Å². The van der Waals surface area contributed by atoms with Gasteiger partial charge in [-0.05, 0) is 33.2 Å². The van der Waals surface area contributed by atoms with E-state index >= 15 is 0 Å². The maximum Gasteiger partial charge on any atom is 0.0825 e. The lowest BCUT2D eigenvalue weighted by atomic mass is 10.0. The number of H-pyrrole nitrogens is 1. The van der Waals surface area contributed by atoms with E-state index in [2.05, 4.69) is 34.3 Å². The van der Waals surface area contributed by atoms with Crippen LogP contribution in [0.4, 0.5) is 5.69 Å². The lowest BCUT2D eigenvalue weighted by Gasteiger charge is -2.32. The van der Waals surface area contributed by atoms with Gasteiger partial charge in [-0.25, -0.2) is 0 Å². The highest BCUT2D eigenvalue weighted by atomic mass is 15.2. The Kier molecular flexibility index (Phi) is 3.49. The van der Waals surface area contributed by atoms with Crippen molar-refractivity contribution < 1.29 is 0 Å². The minimum absolute atomic E-state index is 0.609. The van der Waals surface area contributed by atoms with Crippen molar-refractivity contribution in [3.8, 4) is 0 Å². The van der Waals surface area contributed by atoms with Crippen molar-refractivity contribution in [3.63, 3.8) is 0 Å². The highest BCUT2D eigenvalue weighted by Gasteiger charge is 2.19. The third-order valence-electron chi connectivity index (χ3n) is 3.51. The number of aromatic amines is 1. The van der Waals surface area contributed by atoms with Crippen molar-refractivity contribution >= 4 is 5.69 Å². The molecule has 90 valence electrons. The van der Waals surface area contributed by atoms with Gasteiger partial charge in [-0.2, -0.15) is 5.10 Å². The second kappa shape index (κ2) is 4.87. The minimum atomic E-state index is 0.609. The second-order valence-corrected chi connectivity index (χ2v) is 4.66. The summed E-state index contributed by atoms with van der Waals surface area (Å²) in [6.07, 6.45) is 2.47. The number of rotatable bonds is 3. The predicted molar refractivity (Wildman–Crippen MR) is 66.8 cm³/mol. The number of hydrogen-bond acceptors (Lipinski definition) is 3. The Morgan fingerprint density at radius 3 is 2.56 bits per heavy atom. The van der Waals surface area contributed by atoms with Crippen LogP contribution in [0.25, 0.3) is 0 Å². The average Bonchev–Trinajstić information content (AvgIpc) is 2.62. The van der Waals surface area contributed by atoms with Crippen molar-refractivity contribution in [1.29, 1.82) is 0 Å². The SMILES string of the molecule is CCN1CCC(Nc2c(C)n[nH]c2C)CC1. The Morgan fingerprint density at radius 2 is 2.06 bits per heavy atom. The number of nitrogens with zero attached hydrogens (tertiary/aromatic N) is 2. The summed E-state index contributed by atoms with van der Waals surface area (Å²) in [5.74, 6) is 0. The van der Waals surface area contributed by atoms with Gasteiger partial charge in [0, 0.05) is 19.1 Å². The number of anilines is 1. The van der Waals surface area contributed by atoms with Crippen LogP contribution in [0.15, 0.2) is 0 Å². The molecular weight excluding hydrogens is 200 g/mol. The zero-order valence-electron chi connectivity index (χ0n) is 10.5. The molecule has 0 unspecified atom stereocenters. The quantitative estimate of drug-likeness (QED) is 0.821. The summed E-state index contributed by atoms with van der Waals surface area (Å²) in [5, 5.41) is 10.9. The smallest absolute Gasteiger partial charge is 0.0825 e. The van der Waals surface area contributed by atoms with Crippen LogP contribution in [0, 0.1) is 13.8 Å². The Bertz CT molecular complexity index is 317. The van der Waals surface area contributed by atoms with E-state index < -0.39 is 0 Å². The fraction of sp³-hybridized carbons (Fsp3) is 0.750. The normalized spacial score (nSPS) is 18.9. The number of aryl methyl sites for hydroxylation is 2. The molecule has 0 radical (unpaired) electrons. The van der Waals surface area contributed by atoms with Crippen LogP contribution >= 0.6 is 0 Å². The van der Waals surface area contributed by atoms with E-state index in [0.717, 1.165) is 11.4 Å². The molecule has 0 spiro atoms. The molecule has 1 aliphatic rings. The molecule has 0 amide bonds. The first-order valence-electron chi connectivity index (χ1n) is 6.21. The Balaban J connectivity index is 1.92. The molecule has 1 saturated heterocycles. The maximum atomic E-state index is 4.21. The average molecular weight is 222 g/mol. The van der Waals surface area contributed by atoms with Gasteiger partial charge in [0.1, 0.15) is 0 Å². The van der Waals surface area contributed by atoms with Crippen LogP contribution in [-0.2, 0) is 0 Å². The van der Waals surface area contributed by atoms with Crippen molar-refractivity contribution in [2.45, 2.75) is 39.7 Å². The predicted octanol–water partition coefficient (Wildman–Crippen LogP) is 1.92.